The van der Waals surface area contributed by atoms with E-state index >= 15 is 0 Å². The summed E-state index contributed by atoms with van der Waals surface area (Å²) in [4.78, 5) is 25.5. The van der Waals surface area contributed by atoms with Crippen molar-refractivity contribution in [3.8, 4) is 5.75 Å². The number of halogens is 1. The molecule has 0 fully saturated rings. The maximum Gasteiger partial charge on any atom is 0.412 e. The third kappa shape index (κ3) is 3.35. The molecule has 0 radical (unpaired) electrons. The highest BCUT2D eigenvalue weighted by atomic mass is 35.5. The summed E-state index contributed by atoms with van der Waals surface area (Å²) in [5.41, 5.74) is 0.614. The molecule has 152 valence electrons. The fourth-order valence-corrected chi connectivity index (χ4v) is 3.79. The minimum atomic E-state index is -1.21. The van der Waals surface area contributed by atoms with Crippen LogP contribution in [0.15, 0.2) is 65.5 Å². The van der Waals surface area contributed by atoms with Gasteiger partial charge in [-0.15, -0.1) is 0 Å². The predicted octanol–water partition coefficient (Wildman–Crippen LogP) is 5.04. The van der Waals surface area contributed by atoms with Crippen molar-refractivity contribution in [3.05, 3.63) is 81.6 Å². The van der Waals surface area contributed by atoms with Crippen LogP contribution in [0.2, 0.25) is 5.02 Å². The Morgan fingerprint density at radius 2 is 1.80 bits per heavy atom. The van der Waals surface area contributed by atoms with E-state index in [9.17, 15) is 14.7 Å². The van der Waals surface area contributed by atoms with Gasteiger partial charge in [-0.3, -0.25) is 14.3 Å². The van der Waals surface area contributed by atoms with E-state index < -0.39 is 6.09 Å². The number of nitrogens with zero attached hydrogens (tertiary/aromatic N) is 2. The molecule has 7 heteroatoms. The van der Waals surface area contributed by atoms with Crippen LogP contribution < -0.4 is 15.2 Å². The minimum Gasteiger partial charge on any atom is -0.484 e. The fourth-order valence-electron chi connectivity index (χ4n) is 3.62. The highest BCUT2D eigenvalue weighted by Gasteiger charge is 2.23. The summed E-state index contributed by atoms with van der Waals surface area (Å²) < 4.78 is 7.46. The van der Waals surface area contributed by atoms with E-state index in [1.165, 1.54) is 18.7 Å². The number of anilines is 1. The van der Waals surface area contributed by atoms with Crippen molar-refractivity contribution in [1.82, 2.24) is 4.57 Å². The van der Waals surface area contributed by atoms with Gasteiger partial charge in [-0.25, -0.2) is 4.79 Å². The minimum absolute atomic E-state index is 0.141. The topological polar surface area (TPSA) is 71.8 Å². The van der Waals surface area contributed by atoms with Crippen molar-refractivity contribution in [1.29, 1.82) is 0 Å². The average molecular weight is 423 g/mol. The van der Waals surface area contributed by atoms with Crippen LogP contribution >= 0.6 is 11.6 Å². The van der Waals surface area contributed by atoms with Crippen molar-refractivity contribution in [2.45, 2.75) is 6.61 Å². The second kappa shape index (κ2) is 7.72. The Morgan fingerprint density at radius 3 is 2.57 bits per heavy atom. The number of pyridine rings is 1. The van der Waals surface area contributed by atoms with E-state index in [4.69, 9.17) is 16.3 Å². The molecule has 3 aromatic carbocycles. The first-order chi connectivity index (χ1) is 14.4. The zero-order valence-corrected chi connectivity index (χ0v) is 17.2. The molecule has 0 aliphatic carbocycles. The number of benzene rings is 3. The molecule has 1 heterocycles. The number of ether oxygens (including phenoxy) is 1. The maximum absolute atomic E-state index is 12.8. The molecule has 0 unspecified atom stereocenters. The Labute approximate surface area is 177 Å². The maximum atomic E-state index is 12.8. The van der Waals surface area contributed by atoms with Crippen molar-refractivity contribution >= 4 is 45.1 Å². The van der Waals surface area contributed by atoms with Crippen LogP contribution in [-0.4, -0.2) is 22.8 Å². The summed E-state index contributed by atoms with van der Waals surface area (Å²) in [7, 11) is 2.90. The van der Waals surface area contributed by atoms with Crippen molar-refractivity contribution < 1.29 is 14.6 Å². The fraction of sp³-hybridized carbons (Fsp3) is 0.130. The molecule has 0 saturated heterocycles. The summed E-state index contributed by atoms with van der Waals surface area (Å²) in [5, 5.41) is 13.0. The zero-order valence-electron chi connectivity index (χ0n) is 16.4. The summed E-state index contributed by atoms with van der Waals surface area (Å²) in [5.74, 6) is 0.426. The molecule has 0 spiro atoms. The lowest BCUT2D eigenvalue weighted by molar-refractivity contribution is 0.202. The van der Waals surface area contributed by atoms with E-state index in [0.29, 0.717) is 15.8 Å². The van der Waals surface area contributed by atoms with E-state index in [1.807, 2.05) is 42.5 Å². The molecule has 1 aromatic heterocycles. The molecule has 4 aromatic rings. The molecule has 1 N–H and O–H groups in total. The Kier molecular flexibility index (Phi) is 5.10. The summed E-state index contributed by atoms with van der Waals surface area (Å²) in [6.45, 7) is 0.196. The molecule has 30 heavy (non-hydrogen) atoms. The molecule has 0 aliphatic heterocycles. The van der Waals surface area contributed by atoms with Crippen LogP contribution in [0.4, 0.5) is 10.6 Å². The van der Waals surface area contributed by atoms with Crippen molar-refractivity contribution in [2.75, 3.05) is 11.9 Å². The smallest absolute Gasteiger partial charge is 0.412 e. The Morgan fingerprint density at radius 1 is 1.07 bits per heavy atom. The lowest BCUT2D eigenvalue weighted by atomic mass is 10.1. The second-order valence-corrected chi connectivity index (χ2v) is 7.41. The first-order valence-corrected chi connectivity index (χ1v) is 9.64. The number of carboxylic acid groups (broad SMARTS) is 1. The van der Waals surface area contributed by atoms with Gasteiger partial charge in [0.2, 0.25) is 0 Å². The summed E-state index contributed by atoms with van der Waals surface area (Å²) >= 11 is 6.18. The van der Waals surface area contributed by atoms with Gasteiger partial charge in [-0.05, 0) is 34.5 Å². The van der Waals surface area contributed by atoms with Gasteiger partial charge in [0.15, 0.2) is 11.6 Å². The number of carbonyl (C=O) groups is 1. The Hall–Kier alpha value is -3.51. The molecular weight excluding hydrogens is 404 g/mol. The van der Waals surface area contributed by atoms with Crippen LogP contribution in [0, 0.1) is 0 Å². The van der Waals surface area contributed by atoms with Gasteiger partial charge in [-0.1, -0.05) is 54.1 Å². The first kappa shape index (κ1) is 19.8. The van der Waals surface area contributed by atoms with Crippen molar-refractivity contribution in [2.24, 2.45) is 7.05 Å². The van der Waals surface area contributed by atoms with Gasteiger partial charge in [0.05, 0.1) is 5.39 Å². The molecule has 0 atom stereocenters. The molecule has 0 aliphatic rings. The van der Waals surface area contributed by atoms with Gasteiger partial charge in [0.25, 0.3) is 5.56 Å². The summed E-state index contributed by atoms with van der Waals surface area (Å²) in [6, 6.07) is 18.7. The number of rotatable bonds is 4. The van der Waals surface area contributed by atoms with Crippen LogP contribution in [-0.2, 0) is 13.7 Å². The van der Waals surface area contributed by atoms with E-state index in [0.717, 1.165) is 21.2 Å². The number of amides is 1. The van der Waals surface area contributed by atoms with E-state index in [1.54, 1.807) is 18.2 Å². The Bertz CT molecular complexity index is 1340. The molecular formula is C23H19ClN2O4. The van der Waals surface area contributed by atoms with E-state index in [2.05, 4.69) is 0 Å². The third-order valence-electron chi connectivity index (χ3n) is 5.14. The SMILES string of the molecule is CN(C(=O)O)c1c(OCc2cccc3ccccc23)c2cc(Cl)ccc2c(=O)n1C. The molecule has 4 rings (SSSR count). The zero-order chi connectivity index (χ0) is 21.4. The normalized spacial score (nSPS) is 11.0. The Balaban J connectivity index is 1.91. The highest BCUT2D eigenvalue weighted by Crippen LogP contribution is 2.36. The van der Waals surface area contributed by atoms with E-state index in [-0.39, 0.29) is 23.7 Å². The van der Waals surface area contributed by atoms with Gasteiger partial charge >= 0.3 is 6.09 Å². The van der Waals surface area contributed by atoms with Gasteiger partial charge < -0.3 is 9.84 Å². The number of hydrogen-bond donors (Lipinski definition) is 1. The third-order valence-corrected chi connectivity index (χ3v) is 5.37. The van der Waals surface area contributed by atoms with Crippen LogP contribution in [0.3, 0.4) is 0 Å². The van der Waals surface area contributed by atoms with Crippen LogP contribution in [0.5, 0.6) is 5.75 Å². The van der Waals surface area contributed by atoms with Crippen molar-refractivity contribution in [3.63, 3.8) is 0 Å². The van der Waals surface area contributed by atoms with Crippen LogP contribution in [0.1, 0.15) is 5.56 Å². The largest absolute Gasteiger partial charge is 0.484 e. The monoisotopic (exact) mass is 422 g/mol. The first-order valence-electron chi connectivity index (χ1n) is 9.27. The summed E-state index contributed by atoms with van der Waals surface area (Å²) in [6.07, 6.45) is -1.21. The standard InChI is InChI=1S/C23H19ClN2O4/c1-25-21(26(2)23(28)29)20(19-12-16(24)10-11-18(19)22(25)27)30-13-15-8-5-7-14-6-3-4-9-17(14)15/h3-12H,13H2,1-2H3,(H,28,29). The second-order valence-electron chi connectivity index (χ2n) is 6.98. The molecule has 1 amide bonds. The number of aromatic nitrogens is 1. The van der Waals surface area contributed by atoms with Gasteiger partial charge in [-0.2, -0.15) is 0 Å². The predicted molar refractivity (Wildman–Crippen MR) is 119 cm³/mol. The van der Waals surface area contributed by atoms with Gasteiger partial charge in [0, 0.05) is 24.5 Å². The van der Waals surface area contributed by atoms with Crippen LogP contribution in [0.25, 0.3) is 21.5 Å². The van der Waals surface area contributed by atoms with Gasteiger partial charge in [0.1, 0.15) is 6.61 Å². The molecule has 0 bridgehead atoms. The molecule has 0 saturated carbocycles. The highest BCUT2D eigenvalue weighted by molar-refractivity contribution is 6.31. The quantitative estimate of drug-likeness (QED) is 0.500. The average Bonchev–Trinajstić information content (AvgIpc) is 2.74. The number of fused-ring (bicyclic) bond motifs is 2. The lowest BCUT2D eigenvalue weighted by Gasteiger charge is -2.23. The number of hydrogen-bond acceptors (Lipinski definition) is 3. The molecule has 6 nitrogen and oxygen atoms in total. The lowest BCUT2D eigenvalue weighted by Crippen LogP contribution is -2.32.